The van der Waals surface area contributed by atoms with Gasteiger partial charge in [0.25, 0.3) is 0 Å². The van der Waals surface area contributed by atoms with Gasteiger partial charge in [0.05, 0.1) is 0 Å². The van der Waals surface area contributed by atoms with Crippen LogP contribution in [0.5, 0.6) is 0 Å². The Morgan fingerprint density at radius 2 is 1.85 bits per heavy atom. The first-order valence-corrected chi connectivity index (χ1v) is 7.25. The average molecular weight is 312 g/mol. The Hall–Kier alpha value is -0.861. The molecule has 0 aromatic heterocycles. The summed E-state index contributed by atoms with van der Waals surface area (Å²) < 4.78 is 0. The van der Waals surface area contributed by atoms with Gasteiger partial charge >= 0.3 is 17.1 Å². The second-order valence-electron chi connectivity index (χ2n) is 4.98. The molecule has 0 aliphatic carbocycles. The second kappa shape index (κ2) is 10.9. The fourth-order valence-corrected chi connectivity index (χ4v) is 1.96. The summed E-state index contributed by atoms with van der Waals surface area (Å²) in [5.41, 5.74) is 1.40. The van der Waals surface area contributed by atoms with Crippen molar-refractivity contribution in [3.8, 4) is 0 Å². The van der Waals surface area contributed by atoms with Crippen molar-refractivity contribution in [3.63, 3.8) is 0 Å². The molecular formula is C17H24FeN2. The monoisotopic (exact) mass is 312 g/mol. The molecule has 0 saturated carbocycles. The van der Waals surface area contributed by atoms with E-state index in [9.17, 15) is 0 Å². The summed E-state index contributed by atoms with van der Waals surface area (Å²) in [6.45, 7) is 6.15. The van der Waals surface area contributed by atoms with Crippen molar-refractivity contribution in [1.82, 2.24) is 10.2 Å². The van der Waals surface area contributed by atoms with Gasteiger partial charge < -0.3 is 10.2 Å². The summed E-state index contributed by atoms with van der Waals surface area (Å²) in [6.07, 6.45) is 2.64. The molecule has 110 valence electrons. The Morgan fingerprint density at radius 1 is 1.05 bits per heavy atom. The molecule has 1 aliphatic heterocycles. The third kappa shape index (κ3) is 8.34. The van der Waals surface area contributed by atoms with E-state index in [0.717, 1.165) is 13.1 Å². The molecule has 3 heteroatoms. The first kappa shape index (κ1) is 17.2. The van der Waals surface area contributed by atoms with Crippen molar-refractivity contribution < 1.29 is 17.1 Å². The number of hydrogen-bond acceptors (Lipinski definition) is 2. The van der Waals surface area contributed by atoms with Crippen LogP contribution < -0.4 is 5.32 Å². The van der Waals surface area contributed by atoms with Gasteiger partial charge in [-0.25, -0.2) is 24.3 Å². The molecule has 0 radical (unpaired) electrons. The van der Waals surface area contributed by atoms with Crippen LogP contribution in [-0.4, -0.2) is 31.1 Å². The van der Waals surface area contributed by atoms with Crippen molar-refractivity contribution >= 4 is 0 Å². The zero-order valence-electron chi connectivity index (χ0n) is 11.9. The molecule has 20 heavy (non-hydrogen) atoms. The van der Waals surface area contributed by atoms with Gasteiger partial charge in [-0.05, 0) is 32.5 Å². The number of nitrogens with one attached hydrogen (secondary N) is 1. The van der Waals surface area contributed by atoms with Gasteiger partial charge in [-0.15, -0.1) is 0 Å². The van der Waals surface area contributed by atoms with Crippen molar-refractivity contribution in [2.24, 2.45) is 0 Å². The van der Waals surface area contributed by atoms with E-state index in [2.05, 4.69) is 34.5 Å². The van der Waals surface area contributed by atoms with Gasteiger partial charge in [0, 0.05) is 13.1 Å². The normalized spacial score (nSPS) is 13.2. The summed E-state index contributed by atoms with van der Waals surface area (Å²) >= 11 is 0. The molecule has 1 heterocycles. The fraction of sp³-hybridized carbons (Fsp3) is 0.412. The Bertz CT molecular complexity index is 373. The van der Waals surface area contributed by atoms with Crippen LogP contribution in [0.1, 0.15) is 18.4 Å². The second-order valence-corrected chi connectivity index (χ2v) is 4.98. The van der Waals surface area contributed by atoms with Crippen LogP contribution >= 0.6 is 0 Å². The van der Waals surface area contributed by atoms with E-state index in [1.165, 1.54) is 38.0 Å². The van der Waals surface area contributed by atoms with Crippen LogP contribution in [0.25, 0.3) is 0 Å². The van der Waals surface area contributed by atoms with E-state index in [4.69, 9.17) is 0 Å². The standard InChI is InChI=1S/C12H19N2.C5H5.Fe/c1-2-6-12(5-1)11-13-7-3-4-8-14-9-10-14;1-2-4-5-3-1;/h1-2,5-6,13H,3-4,7-11H2;1-5H;/q2*-1;+2. The third-order valence-corrected chi connectivity index (χ3v) is 3.23. The molecule has 2 nitrogen and oxygen atoms in total. The number of hydrogen-bond donors (Lipinski definition) is 1. The van der Waals surface area contributed by atoms with Crippen LogP contribution in [0, 0.1) is 0 Å². The molecule has 2 aromatic rings. The van der Waals surface area contributed by atoms with Gasteiger partial charge in [-0.1, -0.05) is 0 Å². The first-order valence-electron chi connectivity index (χ1n) is 7.25. The Balaban J connectivity index is 0.000000283. The number of nitrogens with zero attached hydrogens (tertiary/aromatic N) is 1. The summed E-state index contributed by atoms with van der Waals surface area (Å²) in [4.78, 5) is 2.48. The van der Waals surface area contributed by atoms with E-state index >= 15 is 0 Å². The Kier molecular flexibility index (Phi) is 9.34. The largest absolute Gasteiger partial charge is 2.00 e. The van der Waals surface area contributed by atoms with Crippen LogP contribution in [0.15, 0.2) is 54.6 Å². The van der Waals surface area contributed by atoms with Crippen molar-refractivity contribution in [1.29, 1.82) is 0 Å². The Morgan fingerprint density at radius 3 is 2.40 bits per heavy atom. The van der Waals surface area contributed by atoms with E-state index in [1.807, 2.05) is 30.3 Å². The molecular weight excluding hydrogens is 288 g/mol. The minimum atomic E-state index is 0. The fourth-order valence-electron chi connectivity index (χ4n) is 1.96. The van der Waals surface area contributed by atoms with Crippen LogP contribution in [0.2, 0.25) is 0 Å². The molecule has 0 spiro atoms. The minimum absolute atomic E-state index is 0. The molecule has 1 aliphatic rings. The van der Waals surface area contributed by atoms with Crippen molar-refractivity contribution in [2.75, 3.05) is 26.2 Å². The van der Waals surface area contributed by atoms with Gasteiger partial charge in [-0.2, -0.15) is 35.9 Å². The quantitative estimate of drug-likeness (QED) is 0.366. The van der Waals surface area contributed by atoms with Gasteiger partial charge in [0.2, 0.25) is 0 Å². The predicted molar refractivity (Wildman–Crippen MR) is 81.5 cm³/mol. The summed E-state index contributed by atoms with van der Waals surface area (Å²) in [5, 5.41) is 3.46. The zero-order chi connectivity index (χ0) is 13.2. The van der Waals surface area contributed by atoms with Crippen LogP contribution in [0.3, 0.4) is 0 Å². The molecule has 1 saturated heterocycles. The SMILES string of the molecule is [Fe+2].c1c[cH-]c(CNCCCCN2CC2)c1.c1cc[cH-]c1. The number of rotatable bonds is 7. The smallest absolute Gasteiger partial charge is 0.315 e. The molecule has 2 aromatic carbocycles. The van der Waals surface area contributed by atoms with E-state index in [0.29, 0.717) is 0 Å². The summed E-state index contributed by atoms with van der Waals surface area (Å²) in [5.74, 6) is 0. The third-order valence-electron chi connectivity index (χ3n) is 3.23. The van der Waals surface area contributed by atoms with E-state index in [-0.39, 0.29) is 17.1 Å². The van der Waals surface area contributed by atoms with Gasteiger partial charge in [0.1, 0.15) is 0 Å². The average Bonchev–Trinajstić information content (AvgIpc) is 2.91. The van der Waals surface area contributed by atoms with E-state index < -0.39 is 0 Å². The summed E-state index contributed by atoms with van der Waals surface area (Å²) in [6, 6.07) is 18.5. The zero-order valence-corrected chi connectivity index (χ0v) is 13.1. The van der Waals surface area contributed by atoms with Gasteiger partial charge in [-0.3, -0.25) is 0 Å². The molecule has 0 unspecified atom stereocenters. The topological polar surface area (TPSA) is 15.0 Å². The van der Waals surface area contributed by atoms with Crippen LogP contribution in [-0.2, 0) is 23.6 Å². The predicted octanol–water partition coefficient (Wildman–Crippen LogP) is 2.99. The summed E-state index contributed by atoms with van der Waals surface area (Å²) in [7, 11) is 0. The molecule has 0 atom stereocenters. The van der Waals surface area contributed by atoms with Crippen molar-refractivity contribution in [2.45, 2.75) is 19.4 Å². The Labute approximate surface area is 133 Å². The van der Waals surface area contributed by atoms with Crippen molar-refractivity contribution in [3.05, 3.63) is 60.2 Å². The minimum Gasteiger partial charge on any atom is -0.315 e. The molecule has 1 fully saturated rings. The first-order chi connectivity index (χ1) is 9.45. The van der Waals surface area contributed by atoms with Gasteiger partial charge in [0.15, 0.2) is 0 Å². The maximum Gasteiger partial charge on any atom is 2.00 e. The maximum absolute atomic E-state index is 3.46. The molecule has 0 amide bonds. The number of unbranched alkanes of at least 4 members (excludes halogenated alkanes) is 1. The molecule has 3 rings (SSSR count). The molecule has 1 N–H and O–H groups in total. The molecule has 0 bridgehead atoms. The van der Waals surface area contributed by atoms with E-state index in [1.54, 1.807) is 0 Å². The maximum atomic E-state index is 3.46. The van der Waals surface area contributed by atoms with Crippen LogP contribution in [0.4, 0.5) is 0 Å².